The Morgan fingerprint density at radius 1 is 1.28 bits per heavy atom. The zero-order chi connectivity index (χ0) is 23.9. The van der Waals surface area contributed by atoms with Crippen molar-refractivity contribution in [2.45, 2.75) is 89.4 Å². The van der Waals surface area contributed by atoms with Gasteiger partial charge in [0, 0.05) is 18.1 Å². The summed E-state index contributed by atoms with van der Waals surface area (Å²) >= 11 is 0. The molecular formula is C22H35N3O6Si. The molecule has 0 saturated heterocycles. The number of aliphatic hydroxyl groups excluding tert-OH is 2. The number of carbonyl (C=O) groups excluding carboxylic acids is 1. The van der Waals surface area contributed by atoms with Crippen molar-refractivity contribution < 1.29 is 28.8 Å². The SMILES string of the molecule is CC1(C)Oc2cc3nonc3cc2C(NC(=O)CC[C@@H](O)CO[Si](C)(C)C(C)(C)C)C1O. The van der Waals surface area contributed by atoms with Gasteiger partial charge in [-0.15, -0.1) is 0 Å². The third kappa shape index (κ3) is 5.14. The Balaban J connectivity index is 1.64. The molecule has 3 rings (SSSR count). The summed E-state index contributed by atoms with van der Waals surface area (Å²) < 4.78 is 16.8. The van der Waals surface area contributed by atoms with E-state index in [0.29, 0.717) is 22.3 Å². The summed E-state index contributed by atoms with van der Waals surface area (Å²) in [5, 5.41) is 31.8. The molecule has 0 bridgehead atoms. The minimum absolute atomic E-state index is 0.0499. The van der Waals surface area contributed by atoms with Crippen molar-refractivity contribution in [3.8, 4) is 5.75 Å². The van der Waals surface area contributed by atoms with Crippen LogP contribution in [0, 0.1) is 0 Å². The van der Waals surface area contributed by atoms with Gasteiger partial charge in [0.2, 0.25) is 5.91 Å². The lowest BCUT2D eigenvalue weighted by atomic mass is 9.86. The lowest BCUT2D eigenvalue weighted by molar-refractivity contribution is -0.126. The van der Waals surface area contributed by atoms with Crippen LogP contribution in [0.5, 0.6) is 5.75 Å². The first-order valence-electron chi connectivity index (χ1n) is 11.0. The number of aromatic nitrogens is 2. The number of hydrogen-bond donors (Lipinski definition) is 3. The molecule has 0 spiro atoms. The quantitative estimate of drug-likeness (QED) is 0.533. The monoisotopic (exact) mass is 465 g/mol. The molecule has 2 heterocycles. The first-order valence-corrected chi connectivity index (χ1v) is 13.9. The fraction of sp³-hybridized carbons (Fsp3) is 0.682. The molecule has 2 unspecified atom stereocenters. The van der Waals surface area contributed by atoms with Gasteiger partial charge in [0.05, 0.1) is 18.8 Å². The second-order valence-electron chi connectivity index (χ2n) is 10.6. The molecule has 0 aliphatic carbocycles. The molecular weight excluding hydrogens is 430 g/mol. The lowest BCUT2D eigenvalue weighted by Crippen LogP contribution is -2.53. The highest BCUT2D eigenvalue weighted by atomic mass is 28.4. The number of benzene rings is 1. The van der Waals surface area contributed by atoms with E-state index in [-0.39, 0.29) is 30.4 Å². The molecule has 3 atom stereocenters. The van der Waals surface area contributed by atoms with E-state index >= 15 is 0 Å². The molecule has 1 aliphatic rings. The summed E-state index contributed by atoms with van der Waals surface area (Å²) in [5.74, 6) is 0.235. The number of aliphatic hydroxyl groups is 2. The predicted octanol–water partition coefficient (Wildman–Crippen LogP) is 3.07. The summed E-state index contributed by atoms with van der Waals surface area (Å²) in [6.07, 6.45) is -1.35. The van der Waals surface area contributed by atoms with E-state index in [1.54, 1.807) is 26.0 Å². The van der Waals surface area contributed by atoms with Crippen molar-refractivity contribution in [2.75, 3.05) is 6.61 Å². The Hall–Kier alpha value is -2.01. The van der Waals surface area contributed by atoms with Gasteiger partial charge in [-0.05, 0) is 54.8 Å². The summed E-state index contributed by atoms with van der Waals surface area (Å²) in [4.78, 5) is 12.7. The molecule has 32 heavy (non-hydrogen) atoms. The van der Waals surface area contributed by atoms with E-state index in [0.717, 1.165) is 0 Å². The molecule has 1 aromatic heterocycles. The zero-order valence-corrected chi connectivity index (χ0v) is 20.9. The fourth-order valence-electron chi connectivity index (χ4n) is 3.38. The minimum Gasteiger partial charge on any atom is -0.485 e. The molecule has 10 heteroatoms. The van der Waals surface area contributed by atoms with Gasteiger partial charge in [-0.3, -0.25) is 4.79 Å². The van der Waals surface area contributed by atoms with Crippen molar-refractivity contribution >= 4 is 25.3 Å². The van der Waals surface area contributed by atoms with Gasteiger partial charge in [0.15, 0.2) is 8.32 Å². The Kier molecular flexibility index (Phi) is 6.72. The predicted molar refractivity (Wildman–Crippen MR) is 122 cm³/mol. The summed E-state index contributed by atoms with van der Waals surface area (Å²) in [5.41, 5.74) is 0.726. The van der Waals surface area contributed by atoms with E-state index in [4.69, 9.17) is 13.8 Å². The average Bonchev–Trinajstić information content (AvgIpc) is 3.13. The van der Waals surface area contributed by atoms with Crippen molar-refractivity contribution in [3.63, 3.8) is 0 Å². The average molecular weight is 466 g/mol. The van der Waals surface area contributed by atoms with E-state index in [1.165, 1.54) is 0 Å². The fourth-order valence-corrected chi connectivity index (χ4v) is 4.42. The molecule has 1 amide bonds. The van der Waals surface area contributed by atoms with Gasteiger partial charge in [0.25, 0.3) is 0 Å². The third-order valence-electron chi connectivity index (χ3n) is 6.59. The van der Waals surface area contributed by atoms with E-state index < -0.39 is 32.2 Å². The van der Waals surface area contributed by atoms with Crippen LogP contribution >= 0.6 is 0 Å². The molecule has 178 valence electrons. The van der Waals surface area contributed by atoms with Crippen LogP contribution in [0.1, 0.15) is 59.1 Å². The topological polar surface area (TPSA) is 127 Å². The molecule has 9 nitrogen and oxygen atoms in total. The van der Waals surface area contributed by atoms with Gasteiger partial charge >= 0.3 is 0 Å². The number of carbonyl (C=O) groups is 1. The molecule has 0 fully saturated rings. The Morgan fingerprint density at radius 3 is 2.53 bits per heavy atom. The first kappa shape index (κ1) is 24.6. The Morgan fingerprint density at radius 2 is 1.91 bits per heavy atom. The van der Waals surface area contributed by atoms with Gasteiger partial charge in [0.1, 0.15) is 28.5 Å². The van der Waals surface area contributed by atoms with Crippen LogP contribution in [0.2, 0.25) is 18.1 Å². The second kappa shape index (κ2) is 8.73. The maximum atomic E-state index is 12.7. The molecule has 1 aliphatic heterocycles. The van der Waals surface area contributed by atoms with Gasteiger partial charge < -0.3 is 24.7 Å². The van der Waals surface area contributed by atoms with Crippen molar-refractivity contribution in [2.24, 2.45) is 0 Å². The minimum atomic E-state index is -1.97. The normalized spacial score (nSPS) is 21.7. The molecule has 0 saturated carbocycles. The highest BCUT2D eigenvalue weighted by Crippen LogP contribution is 2.41. The van der Waals surface area contributed by atoms with Crippen LogP contribution < -0.4 is 10.1 Å². The number of ether oxygens (including phenoxy) is 1. The molecule has 1 aromatic carbocycles. The van der Waals surface area contributed by atoms with Crippen LogP contribution in [-0.4, -0.2) is 59.2 Å². The number of nitrogens with one attached hydrogen (secondary N) is 1. The number of nitrogens with zero attached hydrogens (tertiary/aromatic N) is 2. The molecule has 0 radical (unpaired) electrons. The largest absolute Gasteiger partial charge is 0.485 e. The van der Waals surface area contributed by atoms with Crippen LogP contribution in [0.15, 0.2) is 16.8 Å². The van der Waals surface area contributed by atoms with Crippen LogP contribution in [0.3, 0.4) is 0 Å². The van der Waals surface area contributed by atoms with Gasteiger partial charge in [-0.25, -0.2) is 4.63 Å². The maximum Gasteiger partial charge on any atom is 0.220 e. The first-order chi connectivity index (χ1) is 14.7. The van der Waals surface area contributed by atoms with Crippen LogP contribution in [0.4, 0.5) is 0 Å². The van der Waals surface area contributed by atoms with Gasteiger partial charge in [-0.2, -0.15) is 0 Å². The van der Waals surface area contributed by atoms with Gasteiger partial charge in [-0.1, -0.05) is 20.8 Å². The van der Waals surface area contributed by atoms with E-state index in [2.05, 4.69) is 49.5 Å². The number of hydrogen-bond acceptors (Lipinski definition) is 8. The third-order valence-corrected chi connectivity index (χ3v) is 11.1. The van der Waals surface area contributed by atoms with Crippen molar-refractivity contribution in [3.05, 3.63) is 17.7 Å². The lowest BCUT2D eigenvalue weighted by Gasteiger charge is -2.42. The van der Waals surface area contributed by atoms with E-state index in [9.17, 15) is 15.0 Å². The number of fused-ring (bicyclic) bond motifs is 2. The van der Waals surface area contributed by atoms with E-state index in [1.807, 2.05) is 0 Å². The molecule has 2 aromatic rings. The highest BCUT2D eigenvalue weighted by molar-refractivity contribution is 6.74. The summed E-state index contributed by atoms with van der Waals surface area (Å²) in [6.45, 7) is 14.4. The number of rotatable bonds is 7. The number of amides is 1. The second-order valence-corrected chi connectivity index (χ2v) is 15.4. The highest BCUT2D eigenvalue weighted by Gasteiger charge is 2.44. The van der Waals surface area contributed by atoms with Crippen molar-refractivity contribution in [1.82, 2.24) is 15.6 Å². The Bertz CT molecular complexity index is 968. The summed E-state index contributed by atoms with van der Waals surface area (Å²) in [7, 11) is -1.97. The van der Waals surface area contributed by atoms with Crippen LogP contribution in [-0.2, 0) is 9.22 Å². The standard InChI is InChI=1S/C22H35N3O6Si/c1-21(2,3)32(6,7)29-12-13(26)8-9-18(27)23-19-14-10-15-16(25-31-24-15)11-17(14)30-22(4,5)20(19)28/h10-11,13,19-20,26,28H,8-9,12H2,1-7H3,(H,23,27)/t13-,19?,20?/m1/s1. The zero-order valence-electron chi connectivity index (χ0n) is 19.9. The van der Waals surface area contributed by atoms with Crippen molar-refractivity contribution in [1.29, 1.82) is 0 Å². The smallest absolute Gasteiger partial charge is 0.220 e. The summed E-state index contributed by atoms with van der Waals surface area (Å²) in [6, 6.07) is 2.70. The molecule has 3 N–H and O–H groups in total. The maximum absolute atomic E-state index is 12.7. The van der Waals surface area contributed by atoms with Crippen LogP contribution in [0.25, 0.3) is 11.0 Å². The Labute approximate surface area is 189 Å².